The molecule has 0 saturated carbocycles. The van der Waals surface area contributed by atoms with E-state index in [2.05, 4.69) is 0 Å². The van der Waals surface area contributed by atoms with Crippen LogP contribution in [0.5, 0.6) is 0 Å². The normalized spacial score (nSPS) is 0. The minimum atomic E-state index is 0. The van der Waals surface area contributed by atoms with E-state index in [0.29, 0.717) is 0 Å². The summed E-state index contributed by atoms with van der Waals surface area (Å²) < 4.78 is 0. The molecule has 7 nitrogen and oxygen atoms in total. The Morgan fingerprint density at radius 1 is 0.333 bits per heavy atom. The van der Waals surface area contributed by atoms with Crippen LogP contribution in [0.4, 0.5) is 0 Å². The molecule has 0 aromatic heterocycles. The fourth-order valence-corrected chi connectivity index (χ4v) is 0. The summed E-state index contributed by atoms with van der Waals surface area (Å²) in [5.41, 5.74) is 0. The van der Waals surface area contributed by atoms with E-state index >= 15 is 0 Å². The Morgan fingerprint density at radius 2 is 0.333 bits per heavy atom. The van der Waals surface area contributed by atoms with E-state index in [4.69, 9.17) is 0 Å². The van der Waals surface area contributed by atoms with Crippen molar-refractivity contribution in [1.82, 2.24) is 0 Å². The molecule has 0 unspecified atom stereocenters. The van der Waals surface area contributed by atoms with Crippen LogP contribution in [-0.2, 0) is 0 Å². The average Bonchev–Trinajstić information content (AvgIpc) is 0. The quantitative estimate of drug-likeness (QED) is 0.374. The zero-order valence-electron chi connectivity index (χ0n) is 7.50. The van der Waals surface area contributed by atoms with Gasteiger partial charge in [0, 0.05) is 0 Å². The molecule has 0 heterocycles. The fourth-order valence-electron chi connectivity index (χ4n) is 0. The summed E-state index contributed by atoms with van der Waals surface area (Å²) in [5.74, 6) is 0. The van der Waals surface area contributed by atoms with Gasteiger partial charge in [0.05, 0.1) is 0 Å². The molecule has 0 rings (SSSR count). The topological polar surface area (TPSA) is 220 Å². The summed E-state index contributed by atoms with van der Waals surface area (Å²) >= 11 is 0. The van der Waals surface area contributed by atoms with Gasteiger partial charge < -0.3 is 41.2 Å². The summed E-state index contributed by atoms with van der Waals surface area (Å²) in [5, 5.41) is 0. The summed E-state index contributed by atoms with van der Waals surface area (Å²) in [6, 6.07) is 0. The summed E-state index contributed by atoms with van der Waals surface area (Å²) in [4.78, 5) is 0. The minimum Gasteiger partial charge on any atom is -1.00 e. The van der Waals surface area contributed by atoms with E-state index in [1.165, 1.54) is 0 Å². The number of rotatable bonds is 0. The van der Waals surface area contributed by atoms with Crippen molar-refractivity contribution >= 4 is 32.9 Å². The third-order valence-electron chi connectivity index (χ3n) is 0. The molecule has 0 amide bonds. The van der Waals surface area contributed by atoms with Crippen LogP contribution < -0.4 is 59.1 Å². The van der Waals surface area contributed by atoms with Crippen molar-refractivity contribution in [3.63, 3.8) is 0 Å². The molecule has 0 aromatic carbocycles. The molecule has 0 aliphatic carbocycles. The molecule has 0 aromatic rings. The Kier molecular flexibility index (Phi) is 13900. The predicted molar refractivity (Wildman–Crippen MR) is 61.5 cm³/mol. The molecule has 0 saturated heterocycles. The third kappa shape index (κ3) is 285. The Morgan fingerprint density at radius 3 is 0.333 bits per heavy atom. The van der Waals surface area contributed by atoms with Gasteiger partial charge in [-0.2, -0.15) is 0 Å². The van der Waals surface area contributed by atoms with Crippen LogP contribution in [0.25, 0.3) is 0 Å². The van der Waals surface area contributed by atoms with Crippen LogP contribution >= 0.6 is 0 Å². The smallest absolute Gasteiger partial charge is 1.00 e. The fraction of sp³-hybridized carbons (Fsp3) is 0. The zero-order chi connectivity index (χ0) is 0. The van der Waals surface area contributed by atoms with Crippen molar-refractivity contribution < 1.29 is 100 Å². The average molecular weight is 270 g/mol. The monoisotopic (exact) mass is 270 g/mol. The van der Waals surface area contributed by atoms with E-state index in [1.807, 2.05) is 0 Å². The molecule has 0 radical (unpaired) electrons. The first-order chi connectivity index (χ1) is 0. The van der Waals surface area contributed by atoms with Crippen LogP contribution in [0.2, 0.25) is 0 Å². The third-order valence-corrected chi connectivity index (χ3v) is 0. The molecule has 0 atom stereocenters. The predicted octanol–water partition coefficient (Wildman–Crippen LogP) is -15.9. The van der Waals surface area contributed by atoms with E-state index in [9.17, 15) is 0 Å². The van der Waals surface area contributed by atoms with Gasteiger partial charge >= 0.3 is 59.1 Å². The van der Waals surface area contributed by atoms with E-state index < -0.39 is 0 Å². The standard InChI is InChI=1S/2Na.7H2O.3H4Si.2H/h;;7*1H2;3*1H4;;/q2*+1;;;;;;;;;;;2*-1. The maximum absolute atomic E-state index is 0. The maximum atomic E-state index is 0. The molecule has 12 heavy (non-hydrogen) atoms. The molecule has 84 valence electrons. The Hall–Kier alpha value is 2.37. The number of hydrogen-bond acceptors (Lipinski definition) is 0. The van der Waals surface area contributed by atoms with Gasteiger partial charge in [0.2, 0.25) is 0 Å². The largest absolute Gasteiger partial charge is 1.00 e. The minimum absolute atomic E-state index is 0. The second kappa shape index (κ2) is 364. The second-order valence-electron chi connectivity index (χ2n) is 0. The second-order valence-corrected chi connectivity index (χ2v) is 0. The molecule has 0 spiro atoms. The maximum Gasteiger partial charge on any atom is 1.00 e. The Labute approximate surface area is 132 Å². The van der Waals surface area contributed by atoms with Crippen LogP contribution in [0, 0.1) is 0 Å². The molecule has 0 fully saturated rings. The molecule has 0 aliphatic heterocycles. The zero-order valence-corrected chi connectivity index (χ0v) is 9.50. The van der Waals surface area contributed by atoms with Crippen LogP contribution in [-0.4, -0.2) is 71.2 Å². The van der Waals surface area contributed by atoms with Crippen molar-refractivity contribution in [2.24, 2.45) is 0 Å². The van der Waals surface area contributed by atoms with Crippen LogP contribution in [0.15, 0.2) is 0 Å². The summed E-state index contributed by atoms with van der Waals surface area (Å²) in [6.07, 6.45) is 0. The van der Waals surface area contributed by atoms with Crippen molar-refractivity contribution in [2.75, 3.05) is 0 Å². The molecular formula is H28Na2O7Si3. The van der Waals surface area contributed by atoms with E-state index in [-0.39, 0.29) is 133 Å². The van der Waals surface area contributed by atoms with Gasteiger partial charge in [0.25, 0.3) is 0 Å². The van der Waals surface area contributed by atoms with Crippen molar-refractivity contribution in [1.29, 1.82) is 0 Å². The van der Waals surface area contributed by atoms with Crippen LogP contribution in [0.3, 0.4) is 0 Å². The summed E-state index contributed by atoms with van der Waals surface area (Å²) in [7, 11) is 0. The van der Waals surface area contributed by atoms with Gasteiger partial charge in [-0.1, -0.05) is 0 Å². The SMILES string of the molecule is O.O.O.O.O.O.O.[H-].[H-].[Na+].[Na+].[SiH4].[SiH4].[SiH4]. The first-order valence-corrected chi connectivity index (χ1v) is 0. The first kappa shape index (κ1) is 457. The number of hydrogen-bond donors (Lipinski definition) is 0. The van der Waals surface area contributed by atoms with E-state index in [0.717, 1.165) is 0 Å². The van der Waals surface area contributed by atoms with Gasteiger partial charge in [-0.25, -0.2) is 0 Å². The Bertz CT molecular complexity index is 24.9. The molecule has 14 N–H and O–H groups in total. The van der Waals surface area contributed by atoms with E-state index in [1.54, 1.807) is 0 Å². The van der Waals surface area contributed by atoms with Gasteiger partial charge in [-0.05, 0) is 32.9 Å². The summed E-state index contributed by atoms with van der Waals surface area (Å²) in [6.45, 7) is 0. The molecule has 12 heteroatoms. The van der Waals surface area contributed by atoms with Crippen molar-refractivity contribution in [3.8, 4) is 0 Å². The molecular weight excluding hydrogens is 242 g/mol. The van der Waals surface area contributed by atoms with Gasteiger partial charge in [0.1, 0.15) is 0 Å². The molecule has 0 aliphatic rings. The van der Waals surface area contributed by atoms with Gasteiger partial charge in [-0.3, -0.25) is 0 Å². The van der Waals surface area contributed by atoms with Crippen molar-refractivity contribution in [2.45, 2.75) is 0 Å². The molecule has 0 bridgehead atoms. The van der Waals surface area contributed by atoms with Crippen LogP contribution in [0.1, 0.15) is 2.85 Å². The van der Waals surface area contributed by atoms with Gasteiger partial charge in [-0.15, -0.1) is 0 Å². The first-order valence-electron chi connectivity index (χ1n) is 0. The van der Waals surface area contributed by atoms with Crippen molar-refractivity contribution in [3.05, 3.63) is 0 Å². The van der Waals surface area contributed by atoms with Gasteiger partial charge in [0.15, 0.2) is 0 Å². The Balaban J connectivity index is 0.